The molecule has 1 aromatic heterocycles. The van der Waals surface area contributed by atoms with Crippen molar-refractivity contribution in [3.05, 3.63) is 35.8 Å². The van der Waals surface area contributed by atoms with Crippen LogP contribution in [0.5, 0.6) is 0 Å². The Hall–Kier alpha value is -3.27. The number of nitrogens with zero attached hydrogens (tertiary/aromatic N) is 5. The van der Waals surface area contributed by atoms with Crippen LogP contribution in [0.15, 0.2) is 24.4 Å². The van der Waals surface area contributed by atoms with Crippen molar-refractivity contribution in [2.75, 3.05) is 48.3 Å². The Kier molecular flexibility index (Phi) is 6.01. The van der Waals surface area contributed by atoms with Crippen molar-refractivity contribution in [2.24, 2.45) is 0 Å². The Morgan fingerprint density at radius 1 is 1.11 bits per heavy atom. The first-order chi connectivity index (χ1) is 17.9. The summed E-state index contributed by atoms with van der Waals surface area (Å²) >= 11 is 0. The molecule has 4 heterocycles. The van der Waals surface area contributed by atoms with Gasteiger partial charge in [0.2, 0.25) is 17.8 Å². The second kappa shape index (κ2) is 9.24. The van der Waals surface area contributed by atoms with Crippen LogP contribution >= 0.6 is 0 Å². The molecular formula is C27H34FN7O2. The van der Waals surface area contributed by atoms with Crippen LogP contribution in [0.25, 0.3) is 0 Å². The highest BCUT2D eigenvalue weighted by Crippen LogP contribution is 2.46. The van der Waals surface area contributed by atoms with Crippen LogP contribution in [0, 0.1) is 5.82 Å². The van der Waals surface area contributed by atoms with Crippen molar-refractivity contribution in [3.63, 3.8) is 0 Å². The van der Waals surface area contributed by atoms with Gasteiger partial charge in [-0.15, -0.1) is 0 Å². The van der Waals surface area contributed by atoms with E-state index in [4.69, 9.17) is 0 Å². The van der Waals surface area contributed by atoms with Gasteiger partial charge in [-0.25, -0.2) is 9.37 Å². The monoisotopic (exact) mass is 507 g/mol. The number of halogens is 1. The summed E-state index contributed by atoms with van der Waals surface area (Å²) < 4.78 is 15.0. The van der Waals surface area contributed by atoms with Crippen molar-refractivity contribution in [1.29, 1.82) is 0 Å². The summed E-state index contributed by atoms with van der Waals surface area (Å²) in [5.74, 6) is -0.171. The lowest BCUT2D eigenvalue weighted by atomic mass is 9.81. The van der Waals surface area contributed by atoms with Crippen LogP contribution in [0.2, 0.25) is 0 Å². The molecule has 0 radical (unpaired) electrons. The van der Waals surface area contributed by atoms with Crippen molar-refractivity contribution >= 4 is 35.0 Å². The van der Waals surface area contributed by atoms with Gasteiger partial charge in [0.05, 0.1) is 5.69 Å². The summed E-state index contributed by atoms with van der Waals surface area (Å²) in [4.78, 5) is 41.8. The third kappa shape index (κ3) is 4.02. The highest BCUT2D eigenvalue weighted by Gasteiger charge is 2.60. The maximum atomic E-state index is 15.0. The van der Waals surface area contributed by atoms with E-state index in [1.165, 1.54) is 6.07 Å². The molecule has 2 N–H and O–H groups in total. The van der Waals surface area contributed by atoms with Crippen molar-refractivity contribution in [2.45, 2.75) is 63.5 Å². The largest absolute Gasteiger partial charge is 0.367 e. The number of carbonyl (C=O) groups excluding carboxylic acids is 2. The molecule has 37 heavy (non-hydrogen) atoms. The van der Waals surface area contributed by atoms with Crippen LogP contribution in [-0.2, 0) is 15.0 Å². The molecule has 1 aliphatic carbocycles. The first kappa shape index (κ1) is 24.1. The van der Waals surface area contributed by atoms with Gasteiger partial charge in [0.25, 0.3) is 0 Å². The number of piperazine rings is 1. The Morgan fingerprint density at radius 2 is 1.86 bits per heavy atom. The maximum absolute atomic E-state index is 15.0. The Bertz CT molecular complexity index is 1220. The molecule has 6 rings (SSSR count). The van der Waals surface area contributed by atoms with Crippen LogP contribution < -0.4 is 15.5 Å². The standard InChI is InChI=1S/C27H34FN7O2/c1-17(2)33-11-13-34(14-12-33)22-8-7-18(15-21(22)28)30-26-29-16-20-23(32-26)31-24(36)27(20)9-10-35(25(27)37)19-5-3-4-6-19/h7-8,15-17,19H,3-6,9-14H2,1-2H3,(H2,29,30,31,32,36). The fourth-order valence-electron chi connectivity index (χ4n) is 6.40. The molecule has 4 aliphatic rings. The fourth-order valence-corrected chi connectivity index (χ4v) is 6.40. The number of nitrogens with one attached hydrogen (secondary N) is 2. The molecule has 2 aromatic rings. The smallest absolute Gasteiger partial charge is 0.246 e. The quantitative estimate of drug-likeness (QED) is 0.600. The van der Waals surface area contributed by atoms with E-state index in [1.807, 2.05) is 11.0 Å². The number of fused-ring (bicyclic) bond motifs is 2. The highest BCUT2D eigenvalue weighted by molar-refractivity contribution is 6.21. The number of hydrogen-bond donors (Lipinski definition) is 2. The van der Waals surface area contributed by atoms with Gasteiger partial charge < -0.3 is 20.4 Å². The molecule has 1 atom stereocenters. The summed E-state index contributed by atoms with van der Waals surface area (Å²) in [5, 5.41) is 5.86. The van der Waals surface area contributed by atoms with E-state index in [1.54, 1.807) is 12.3 Å². The van der Waals surface area contributed by atoms with E-state index in [2.05, 4.69) is 44.2 Å². The highest BCUT2D eigenvalue weighted by atomic mass is 19.1. The molecule has 1 unspecified atom stereocenters. The lowest BCUT2D eigenvalue weighted by Gasteiger charge is -2.38. The van der Waals surface area contributed by atoms with E-state index >= 15 is 4.39 Å². The molecule has 2 amide bonds. The molecule has 3 aliphatic heterocycles. The number of amides is 2. The Morgan fingerprint density at radius 3 is 2.57 bits per heavy atom. The van der Waals surface area contributed by atoms with Crippen LogP contribution in [-0.4, -0.2) is 76.4 Å². The molecule has 3 fully saturated rings. The molecular weight excluding hydrogens is 473 g/mol. The minimum absolute atomic E-state index is 0.133. The number of benzene rings is 1. The van der Waals surface area contributed by atoms with Crippen LogP contribution in [0.3, 0.4) is 0 Å². The zero-order valence-corrected chi connectivity index (χ0v) is 21.5. The normalized spacial score (nSPS) is 24.4. The first-order valence-electron chi connectivity index (χ1n) is 13.4. The average molecular weight is 508 g/mol. The van der Waals surface area contributed by atoms with Gasteiger partial charge in [-0.2, -0.15) is 4.98 Å². The summed E-state index contributed by atoms with van der Waals surface area (Å²) in [6, 6.07) is 5.75. The molecule has 10 heteroatoms. The number of anilines is 4. The van der Waals surface area contributed by atoms with E-state index in [9.17, 15) is 9.59 Å². The van der Waals surface area contributed by atoms with E-state index < -0.39 is 5.41 Å². The minimum Gasteiger partial charge on any atom is -0.367 e. The van der Waals surface area contributed by atoms with Crippen molar-refractivity contribution < 1.29 is 14.0 Å². The zero-order chi connectivity index (χ0) is 25.7. The predicted octanol–water partition coefficient (Wildman–Crippen LogP) is 3.25. The van der Waals surface area contributed by atoms with Crippen LogP contribution in [0.1, 0.15) is 51.5 Å². The lowest BCUT2D eigenvalue weighted by molar-refractivity contribution is -0.138. The van der Waals surface area contributed by atoms with Gasteiger partial charge in [0.1, 0.15) is 11.6 Å². The Labute approximate surface area is 216 Å². The predicted molar refractivity (Wildman–Crippen MR) is 140 cm³/mol. The second-order valence-corrected chi connectivity index (χ2v) is 10.9. The van der Waals surface area contributed by atoms with Gasteiger partial charge in [0, 0.05) is 62.3 Å². The number of carbonyl (C=O) groups is 2. The second-order valence-electron chi connectivity index (χ2n) is 10.9. The Balaban J connectivity index is 1.17. The van der Waals surface area contributed by atoms with Crippen molar-refractivity contribution in [3.8, 4) is 0 Å². The average Bonchev–Trinajstić information content (AvgIpc) is 3.59. The first-order valence-corrected chi connectivity index (χ1v) is 13.4. The fraction of sp³-hybridized carbons (Fsp3) is 0.556. The summed E-state index contributed by atoms with van der Waals surface area (Å²) in [7, 11) is 0. The third-order valence-corrected chi connectivity index (χ3v) is 8.58. The zero-order valence-electron chi connectivity index (χ0n) is 21.5. The minimum atomic E-state index is -1.23. The van der Waals surface area contributed by atoms with E-state index in [0.29, 0.717) is 41.8 Å². The van der Waals surface area contributed by atoms with Crippen molar-refractivity contribution in [1.82, 2.24) is 19.8 Å². The maximum Gasteiger partial charge on any atom is 0.246 e. The molecule has 2 saturated heterocycles. The van der Waals surface area contributed by atoms with Gasteiger partial charge in [-0.1, -0.05) is 12.8 Å². The van der Waals surface area contributed by atoms with Gasteiger partial charge in [-0.05, 0) is 51.3 Å². The molecule has 1 aromatic carbocycles. The third-order valence-electron chi connectivity index (χ3n) is 8.58. The topological polar surface area (TPSA) is 93.7 Å². The molecule has 196 valence electrons. The molecule has 9 nitrogen and oxygen atoms in total. The summed E-state index contributed by atoms with van der Waals surface area (Å²) in [5.41, 5.74) is 0.412. The van der Waals surface area contributed by atoms with Gasteiger partial charge in [0.15, 0.2) is 5.41 Å². The number of aromatic nitrogens is 2. The molecule has 0 bridgehead atoms. The SMILES string of the molecule is CC(C)N1CCN(c2ccc(Nc3ncc4c(n3)NC(=O)C43CCN(C4CCCC4)C3=O)cc2F)CC1. The molecule has 1 saturated carbocycles. The number of rotatable bonds is 5. The van der Waals surface area contributed by atoms with Crippen LogP contribution in [0.4, 0.5) is 27.5 Å². The molecule has 1 spiro atoms. The summed E-state index contributed by atoms with van der Waals surface area (Å²) in [6.07, 6.45) is 6.25. The van der Waals surface area contributed by atoms with E-state index in [0.717, 1.165) is 51.9 Å². The van der Waals surface area contributed by atoms with E-state index in [-0.39, 0.29) is 29.6 Å². The van der Waals surface area contributed by atoms with Gasteiger partial charge >= 0.3 is 0 Å². The number of likely N-dealkylation sites (tertiary alicyclic amines) is 1. The lowest BCUT2D eigenvalue weighted by Crippen LogP contribution is -2.49. The number of hydrogen-bond acceptors (Lipinski definition) is 7. The summed E-state index contributed by atoms with van der Waals surface area (Å²) in [6.45, 7) is 8.33. The van der Waals surface area contributed by atoms with Gasteiger partial charge in [-0.3, -0.25) is 14.5 Å².